The molecule has 0 atom stereocenters. The summed E-state index contributed by atoms with van der Waals surface area (Å²) in [6.07, 6.45) is -0.171. The van der Waals surface area contributed by atoms with Crippen molar-refractivity contribution in [3.63, 3.8) is 0 Å². The van der Waals surface area contributed by atoms with E-state index in [1.807, 2.05) is 0 Å². The highest BCUT2D eigenvalue weighted by Gasteiger charge is 2.19. The maximum atomic E-state index is 11.8. The second kappa shape index (κ2) is 8.33. The molecule has 24 heavy (non-hydrogen) atoms. The van der Waals surface area contributed by atoms with Crippen LogP contribution in [-0.2, 0) is 20.7 Å². The number of methoxy groups -OCH3 is 1. The number of ether oxygens (including phenoxy) is 2. The Hall–Kier alpha value is -2.57. The first-order valence-corrected chi connectivity index (χ1v) is 7.57. The van der Waals surface area contributed by atoms with Crippen LogP contribution in [0.25, 0.3) is 0 Å². The standard InChI is InChI=1S/C17H24N2O5/c1-12(20)19(18-16(22)24-17(2,3)4)11-10-13-6-8-14(9-7-13)15(21)23-5/h6-9H,10-11H2,1-5H3,(H,18,22). The molecule has 1 aromatic carbocycles. The lowest BCUT2D eigenvalue weighted by molar-refractivity contribution is -0.131. The number of hydrogen-bond acceptors (Lipinski definition) is 5. The van der Waals surface area contributed by atoms with Crippen LogP contribution in [0.5, 0.6) is 0 Å². The average Bonchev–Trinajstić information content (AvgIpc) is 2.49. The quantitative estimate of drug-likeness (QED) is 0.673. The molecule has 0 aliphatic carbocycles. The zero-order valence-corrected chi connectivity index (χ0v) is 14.7. The normalized spacial score (nSPS) is 10.7. The summed E-state index contributed by atoms with van der Waals surface area (Å²) < 4.78 is 9.77. The van der Waals surface area contributed by atoms with E-state index < -0.39 is 17.7 Å². The van der Waals surface area contributed by atoms with Gasteiger partial charge in [0.05, 0.1) is 12.7 Å². The lowest BCUT2D eigenvalue weighted by atomic mass is 10.1. The molecule has 0 unspecified atom stereocenters. The summed E-state index contributed by atoms with van der Waals surface area (Å²) in [5.41, 5.74) is 3.16. The minimum Gasteiger partial charge on any atom is -0.465 e. The van der Waals surface area contributed by atoms with Crippen LogP contribution in [0.15, 0.2) is 24.3 Å². The molecule has 132 valence electrons. The minimum atomic E-state index is -0.682. The maximum absolute atomic E-state index is 11.8. The van der Waals surface area contributed by atoms with Crippen molar-refractivity contribution in [3.05, 3.63) is 35.4 Å². The monoisotopic (exact) mass is 336 g/mol. The largest absolute Gasteiger partial charge is 0.465 e. The fourth-order valence-corrected chi connectivity index (χ4v) is 1.87. The van der Waals surface area contributed by atoms with Crippen LogP contribution in [-0.4, -0.2) is 42.2 Å². The highest BCUT2D eigenvalue weighted by Crippen LogP contribution is 2.08. The number of nitrogens with one attached hydrogen (secondary N) is 1. The van der Waals surface area contributed by atoms with Gasteiger partial charge in [0.1, 0.15) is 5.60 Å². The zero-order chi connectivity index (χ0) is 18.3. The van der Waals surface area contributed by atoms with E-state index in [1.54, 1.807) is 45.0 Å². The van der Waals surface area contributed by atoms with E-state index in [0.29, 0.717) is 12.0 Å². The molecule has 0 aliphatic rings. The Morgan fingerprint density at radius 2 is 1.71 bits per heavy atom. The van der Waals surface area contributed by atoms with E-state index in [2.05, 4.69) is 10.2 Å². The molecule has 0 aliphatic heterocycles. The van der Waals surface area contributed by atoms with E-state index in [9.17, 15) is 14.4 Å². The van der Waals surface area contributed by atoms with Crippen molar-refractivity contribution < 1.29 is 23.9 Å². The summed E-state index contributed by atoms with van der Waals surface area (Å²) in [6, 6.07) is 6.86. The Labute approximate surface area is 141 Å². The van der Waals surface area contributed by atoms with Gasteiger partial charge in [0.25, 0.3) is 0 Å². The van der Waals surface area contributed by atoms with Crippen LogP contribution in [0.1, 0.15) is 43.6 Å². The number of nitrogens with zero attached hydrogens (tertiary/aromatic N) is 1. The summed E-state index contributed by atoms with van der Waals surface area (Å²) in [5, 5.41) is 1.20. The molecule has 2 amide bonds. The molecule has 7 nitrogen and oxygen atoms in total. The molecular formula is C17H24N2O5. The van der Waals surface area contributed by atoms with Crippen LogP contribution >= 0.6 is 0 Å². The van der Waals surface area contributed by atoms with Crippen LogP contribution in [0.4, 0.5) is 4.79 Å². The molecule has 0 fully saturated rings. The van der Waals surface area contributed by atoms with Crippen molar-refractivity contribution in [1.29, 1.82) is 0 Å². The second-order valence-corrected chi connectivity index (χ2v) is 6.22. The summed E-state index contributed by atoms with van der Waals surface area (Å²) in [7, 11) is 1.32. The Bertz CT molecular complexity index is 590. The molecule has 0 radical (unpaired) electrons. The molecule has 1 rings (SSSR count). The van der Waals surface area contributed by atoms with Crippen molar-refractivity contribution in [2.75, 3.05) is 13.7 Å². The van der Waals surface area contributed by atoms with Gasteiger partial charge >= 0.3 is 12.1 Å². The SMILES string of the molecule is COC(=O)c1ccc(CCN(NC(=O)OC(C)(C)C)C(C)=O)cc1. The number of hydrazine groups is 1. The number of rotatable bonds is 4. The second-order valence-electron chi connectivity index (χ2n) is 6.22. The predicted molar refractivity (Wildman–Crippen MR) is 88.2 cm³/mol. The molecule has 1 aromatic rings. The Morgan fingerprint density at radius 1 is 1.12 bits per heavy atom. The van der Waals surface area contributed by atoms with E-state index in [4.69, 9.17) is 4.74 Å². The zero-order valence-electron chi connectivity index (χ0n) is 14.7. The molecule has 1 N–H and O–H groups in total. The van der Waals surface area contributed by atoms with Gasteiger partial charge < -0.3 is 9.47 Å². The van der Waals surface area contributed by atoms with Crippen LogP contribution in [0.3, 0.4) is 0 Å². The van der Waals surface area contributed by atoms with Gasteiger partial charge in [0, 0.05) is 13.5 Å². The van der Waals surface area contributed by atoms with Crippen LogP contribution < -0.4 is 5.43 Å². The summed E-state index contributed by atoms with van der Waals surface area (Å²) in [5.74, 6) is -0.703. The lowest BCUT2D eigenvalue weighted by Crippen LogP contribution is -2.48. The van der Waals surface area contributed by atoms with E-state index in [1.165, 1.54) is 19.0 Å². The first-order valence-electron chi connectivity index (χ1n) is 7.57. The fraction of sp³-hybridized carbons (Fsp3) is 0.471. The summed E-state index contributed by atoms with van der Waals surface area (Å²) in [4.78, 5) is 34.8. The number of esters is 1. The highest BCUT2D eigenvalue weighted by molar-refractivity contribution is 5.89. The van der Waals surface area contributed by atoms with Crippen molar-refractivity contribution in [1.82, 2.24) is 10.4 Å². The highest BCUT2D eigenvalue weighted by atomic mass is 16.6. The Morgan fingerprint density at radius 3 is 2.17 bits per heavy atom. The van der Waals surface area contributed by atoms with E-state index in [-0.39, 0.29) is 12.5 Å². The van der Waals surface area contributed by atoms with Crippen LogP contribution in [0, 0.1) is 0 Å². The third kappa shape index (κ3) is 6.68. The van der Waals surface area contributed by atoms with Crippen molar-refractivity contribution in [2.45, 2.75) is 39.7 Å². The molecule has 7 heteroatoms. The van der Waals surface area contributed by atoms with Gasteiger partial charge in [-0.3, -0.25) is 9.80 Å². The third-order valence-corrected chi connectivity index (χ3v) is 3.00. The third-order valence-electron chi connectivity index (χ3n) is 3.00. The van der Waals surface area contributed by atoms with Crippen molar-refractivity contribution >= 4 is 18.0 Å². The van der Waals surface area contributed by atoms with Gasteiger partial charge in [-0.1, -0.05) is 12.1 Å². The first kappa shape index (κ1) is 19.5. The van der Waals surface area contributed by atoms with Crippen molar-refractivity contribution in [3.8, 4) is 0 Å². The lowest BCUT2D eigenvalue weighted by Gasteiger charge is -2.25. The number of carbonyl (C=O) groups is 3. The van der Waals surface area contributed by atoms with Gasteiger partial charge in [0.2, 0.25) is 5.91 Å². The Kier molecular flexibility index (Phi) is 6.76. The van der Waals surface area contributed by atoms with E-state index >= 15 is 0 Å². The molecule has 0 spiro atoms. The van der Waals surface area contributed by atoms with Gasteiger partial charge in [0.15, 0.2) is 0 Å². The minimum absolute atomic E-state index is 0.284. The number of benzene rings is 1. The molecule has 0 heterocycles. The Balaban J connectivity index is 2.62. The number of hydrogen-bond donors (Lipinski definition) is 1. The molecular weight excluding hydrogens is 312 g/mol. The topological polar surface area (TPSA) is 84.9 Å². The van der Waals surface area contributed by atoms with Crippen molar-refractivity contribution in [2.24, 2.45) is 0 Å². The summed E-state index contributed by atoms with van der Waals surface area (Å²) >= 11 is 0. The summed E-state index contributed by atoms with van der Waals surface area (Å²) in [6.45, 7) is 6.87. The van der Waals surface area contributed by atoms with E-state index in [0.717, 1.165) is 5.56 Å². The fourth-order valence-electron chi connectivity index (χ4n) is 1.87. The molecule has 0 aromatic heterocycles. The molecule has 0 bridgehead atoms. The molecule has 0 saturated carbocycles. The predicted octanol–water partition coefficient (Wildman–Crippen LogP) is 2.30. The molecule has 0 saturated heterocycles. The van der Waals surface area contributed by atoms with Crippen LogP contribution in [0.2, 0.25) is 0 Å². The average molecular weight is 336 g/mol. The maximum Gasteiger partial charge on any atom is 0.426 e. The smallest absolute Gasteiger partial charge is 0.426 e. The van der Waals surface area contributed by atoms with Gasteiger partial charge in [-0.2, -0.15) is 0 Å². The first-order chi connectivity index (χ1) is 11.1. The number of amides is 2. The van der Waals surface area contributed by atoms with Gasteiger partial charge in [-0.25, -0.2) is 15.0 Å². The van der Waals surface area contributed by atoms with Gasteiger partial charge in [-0.05, 0) is 44.9 Å². The van der Waals surface area contributed by atoms with Gasteiger partial charge in [-0.15, -0.1) is 0 Å². The number of carbonyl (C=O) groups excluding carboxylic acids is 3.